The van der Waals surface area contributed by atoms with Crippen LogP contribution in [0.25, 0.3) is 0 Å². The van der Waals surface area contributed by atoms with Gasteiger partial charge in [-0.2, -0.15) is 5.26 Å². The van der Waals surface area contributed by atoms with Gasteiger partial charge in [-0.25, -0.2) is 0 Å². The molecule has 1 aromatic heterocycles. The van der Waals surface area contributed by atoms with Gasteiger partial charge >= 0.3 is 0 Å². The minimum absolute atomic E-state index is 0.246. The molecule has 0 unspecified atom stereocenters. The fraction of sp³-hybridized carbons (Fsp3) is 0.583. The highest BCUT2D eigenvalue weighted by Crippen LogP contribution is 2.18. The number of hydrogen-bond donors (Lipinski definition) is 1. The van der Waals surface area contributed by atoms with Crippen molar-refractivity contribution in [1.82, 2.24) is 15.1 Å². The van der Waals surface area contributed by atoms with Crippen LogP contribution in [0.4, 0.5) is 5.82 Å². The van der Waals surface area contributed by atoms with Crippen LogP contribution in [0.5, 0.6) is 0 Å². The minimum atomic E-state index is 0.246. The van der Waals surface area contributed by atoms with E-state index in [2.05, 4.69) is 33.4 Å². The number of likely N-dealkylation sites (N-methyl/N-ethyl adjacent to an activating group) is 1. The van der Waals surface area contributed by atoms with Crippen LogP contribution in [0.1, 0.15) is 25.3 Å². The average Bonchev–Trinajstić information content (AvgIpc) is 2.41. The molecule has 0 bridgehead atoms. The summed E-state index contributed by atoms with van der Waals surface area (Å²) in [7, 11) is 0. The van der Waals surface area contributed by atoms with E-state index in [1.165, 1.54) is 6.07 Å². The Morgan fingerprint density at radius 2 is 2.44 bits per heavy atom. The third-order valence-corrected chi connectivity index (χ3v) is 3.36. The van der Waals surface area contributed by atoms with E-state index in [4.69, 9.17) is 16.9 Å². The summed E-state index contributed by atoms with van der Waals surface area (Å²) in [5, 5.41) is 20.3. The Morgan fingerprint density at radius 1 is 1.61 bits per heavy atom. The summed E-state index contributed by atoms with van der Waals surface area (Å²) < 4.78 is 0. The van der Waals surface area contributed by atoms with Gasteiger partial charge in [0.05, 0.1) is 5.56 Å². The second kappa shape index (κ2) is 5.98. The molecule has 0 radical (unpaired) electrons. The molecule has 1 N–H and O–H groups in total. The van der Waals surface area contributed by atoms with Gasteiger partial charge in [-0.1, -0.05) is 18.5 Å². The molecule has 1 atom stereocenters. The van der Waals surface area contributed by atoms with E-state index in [9.17, 15) is 0 Å². The molecule has 5 nitrogen and oxygen atoms in total. The van der Waals surface area contributed by atoms with Crippen LogP contribution in [-0.2, 0) is 0 Å². The van der Waals surface area contributed by atoms with Crippen molar-refractivity contribution < 1.29 is 0 Å². The number of halogens is 1. The zero-order chi connectivity index (χ0) is 13.0. The quantitative estimate of drug-likeness (QED) is 0.904. The first kappa shape index (κ1) is 13.1. The SMILES string of the molecule is CCN1CCC[C@@H](Nc2nnc(Cl)cc2C#N)C1. The van der Waals surface area contributed by atoms with E-state index < -0.39 is 0 Å². The Bertz CT molecular complexity index is 456. The summed E-state index contributed by atoms with van der Waals surface area (Å²) in [6, 6.07) is 3.95. The molecule has 2 rings (SSSR count). The fourth-order valence-corrected chi connectivity index (χ4v) is 2.36. The minimum Gasteiger partial charge on any atom is -0.363 e. The lowest BCUT2D eigenvalue weighted by atomic mass is 10.1. The van der Waals surface area contributed by atoms with Crippen molar-refractivity contribution in [2.24, 2.45) is 0 Å². The zero-order valence-corrected chi connectivity index (χ0v) is 11.1. The molecule has 0 saturated carbocycles. The molecular formula is C12H16ClN5. The van der Waals surface area contributed by atoms with Crippen molar-refractivity contribution in [2.75, 3.05) is 25.0 Å². The van der Waals surface area contributed by atoms with E-state index in [0.717, 1.165) is 32.5 Å². The van der Waals surface area contributed by atoms with Crippen LogP contribution in [0, 0.1) is 11.3 Å². The van der Waals surface area contributed by atoms with Crippen molar-refractivity contribution in [1.29, 1.82) is 5.26 Å². The number of nitrogens with zero attached hydrogens (tertiary/aromatic N) is 4. The first-order valence-corrected chi connectivity index (χ1v) is 6.53. The highest BCUT2D eigenvalue weighted by Gasteiger charge is 2.20. The molecule has 1 fully saturated rings. The van der Waals surface area contributed by atoms with Gasteiger partial charge in [0, 0.05) is 12.6 Å². The smallest absolute Gasteiger partial charge is 0.167 e. The van der Waals surface area contributed by atoms with Gasteiger partial charge in [-0.15, -0.1) is 10.2 Å². The molecule has 18 heavy (non-hydrogen) atoms. The third-order valence-electron chi connectivity index (χ3n) is 3.18. The molecule has 1 aliphatic rings. The molecule has 1 aliphatic heterocycles. The predicted molar refractivity (Wildman–Crippen MR) is 70.5 cm³/mol. The monoisotopic (exact) mass is 265 g/mol. The second-order valence-electron chi connectivity index (χ2n) is 4.42. The summed E-state index contributed by atoms with van der Waals surface area (Å²) in [6.45, 7) is 5.33. The molecule has 6 heteroatoms. The lowest BCUT2D eigenvalue weighted by molar-refractivity contribution is 0.226. The van der Waals surface area contributed by atoms with Crippen molar-refractivity contribution in [3.05, 3.63) is 16.8 Å². The number of nitrogens with one attached hydrogen (secondary N) is 1. The first-order chi connectivity index (χ1) is 8.72. The summed E-state index contributed by atoms with van der Waals surface area (Å²) in [6.07, 6.45) is 2.25. The van der Waals surface area contributed by atoms with Gasteiger partial charge in [0.15, 0.2) is 11.0 Å². The number of aromatic nitrogens is 2. The van der Waals surface area contributed by atoms with Crippen LogP contribution in [0.3, 0.4) is 0 Å². The predicted octanol–water partition coefficient (Wildman–Crippen LogP) is 1.90. The summed E-state index contributed by atoms with van der Waals surface area (Å²) in [5.41, 5.74) is 0.448. The third kappa shape index (κ3) is 3.09. The maximum atomic E-state index is 9.04. The lowest BCUT2D eigenvalue weighted by Crippen LogP contribution is -2.42. The highest BCUT2D eigenvalue weighted by atomic mass is 35.5. The van der Waals surface area contributed by atoms with Gasteiger partial charge in [-0.05, 0) is 32.0 Å². The number of nitriles is 1. The summed E-state index contributed by atoms with van der Waals surface area (Å²) in [4.78, 5) is 2.39. The van der Waals surface area contributed by atoms with E-state index in [1.807, 2.05) is 0 Å². The molecule has 0 aliphatic carbocycles. The number of hydrogen-bond acceptors (Lipinski definition) is 5. The number of likely N-dealkylation sites (tertiary alicyclic amines) is 1. The van der Waals surface area contributed by atoms with Crippen LogP contribution < -0.4 is 5.32 Å². The normalized spacial score (nSPS) is 20.4. The van der Waals surface area contributed by atoms with Gasteiger partial charge in [0.25, 0.3) is 0 Å². The van der Waals surface area contributed by atoms with Gasteiger partial charge in [0.2, 0.25) is 0 Å². The average molecular weight is 266 g/mol. The van der Waals surface area contributed by atoms with Crippen molar-refractivity contribution in [3.8, 4) is 6.07 Å². The lowest BCUT2D eigenvalue weighted by Gasteiger charge is -2.32. The van der Waals surface area contributed by atoms with Gasteiger partial charge in [0.1, 0.15) is 6.07 Å². The summed E-state index contributed by atoms with van der Waals surface area (Å²) >= 11 is 5.72. The number of piperidine rings is 1. The maximum absolute atomic E-state index is 9.04. The molecule has 0 amide bonds. The Kier molecular flexibility index (Phi) is 4.34. The first-order valence-electron chi connectivity index (χ1n) is 6.15. The van der Waals surface area contributed by atoms with Crippen LogP contribution in [-0.4, -0.2) is 40.8 Å². The van der Waals surface area contributed by atoms with Crippen LogP contribution in [0.2, 0.25) is 5.15 Å². The Morgan fingerprint density at radius 3 is 3.17 bits per heavy atom. The molecule has 2 heterocycles. The Balaban J connectivity index is 2.07. The van der Waals surface area contributed by atoms with Crippen molar-refractivity contribution in [3.63, 3.8) is 0 Å². The Hall–Kier alpha value is -1.38. The number of anilines is 1. The van der Waals surface area contributed by atoms with E-state index >= 15 is 0 Å². The standard InChI is InChI=1S/C12H16ClN5/c1-2-18-5-3-4-10(8-18)15-12-9(7-14)6-11(13)16-17-12/h6,10H,2-5,8H2,1H3,(H,15,17)/t10-/m1/s1. The van der Waals surface area contributed by atoms with E-state index in [0.29, 0.717) is 17.4 Å². The van der Waals surface area contributed by atoms with Gasteiger partial charge < -0.3 is 10.2 Å². The molecular weight excluding hydrogens is 250 g/mol. The van der Waals surface area contributed by atoms with E-state index in [1.54, 1.807) is 0 Å². The molecule has 1 aromatic rings. The molecule has 0 spiro atoms. The van der Waals surface area contributed by atoms with Crippen molar-refractivity contribution in [2.45, 2.75) is 25.8 Å². The molecule has 96 valence electrons. The van der Waals surface area contributed by atoms with E-state index in [-0.39, 0.29) is 5.15 Å². The highest BCUT2D eigenvalue weighted by molar-refractivity contribution is 6.29. The maximum Gasteiger partial charge on any atom is 0.167 e. The molecule has 1 saturated heterocycles. The summed E-state index contributed by atoms with van der Waals surface area (Å²) in [5.74, 6) is 0.532. The Labute approximate surface area is 112 Å². The van der Waals surface area contributed by atoms with Crippen LogP contribution in [0.15, 0.2) is 6.07 Å². The number of rotatable bonds is 3. The second-order valence-corrected chi connectivity index (χ2v) is 4.81. The molecule has 0 aromatic carbocycles. The topological polar surface area (TPSA) is 64.8 Å². The largest absolute Gasteiger partial charge is 0.363 e. The van der Waals surface area contributed by atoms with Crippen LogP contribution >= 0.6 is 11.6 Å². The van der Waals surface area contributed by atoms with Crippen molar-refractivity contribution >= 4 is 17.4 Å². The van der Waals surface area contributed by atoms with Gasteiger partial charge in [-0.3, -0.25) is 0 Å². The fourth-order valence-electron chi connectivity index (χ4n) is 2.21. The zero-order valence-electron chi connectivity index (χ0n) is 10.4.